The average Bonchev–Trinajstić information content (AvgIpc) is 2.80. The molecule has 2 aromatic carbocycles. The standard InChI is InChI=1S/C17H17FNOP/c1-21(2,20)11-14-10-19-17-8-5-13(9-16(14)17)12-3-6-15(18)7-4-12/h3-10,19H,11H2,1-2H3. The Bertz CT molecular complexity index is 830. The van der Waals surface area contributed by atoms with Crippen molar-refractivity contribution in [3.63, 3.8) is 0 Å². The zero-order chi connectivity index (χ0) is 15.0. The maximum atomic E-state index is 13.0. The van der Waals surface area contributed by atoms with Crippen molar-refractivity contribution < 1.29 is 8.96 Å². The van der Waals surface area contributed by atoms with Crippen molar-refractivity contribution in [2.45, 2.75) is 6.16 Å². The van der Waals surface area contributed by atoms with E-state index in [-0.39, 0.29) is 5.82 Å². The molecule has 0 fully saturated rings. The lowest BCUT2D eigenvalue weighted by atomic mass is 10.0. The first-order valence-electron chi connectivity index (χ1n) is 6.82. The molecule has 3 rings (SSSR count). The van der Waals surface area contributed by atoms with Gasteiger partial charge in [0, 0.05) is 23.3 Å². The van der Waals surface area contributed by atoms with Crippen molar-refractivity contribution in [1.29, 1.82) is 0 Å². The Labute approximate surface area is 123 Å². The van der Waals surface area contributed by atoms with Crippen LogP contribution in [-0.2, 0) is 10.7 Å². The molecular weight excluding hydrogens is 284 g/mol. The summed E-state index contributed by atoms with van der Waals surface area (Å²) in [6, 6.07) is 12.6. The number of rotatable bonds is 3. The Balaban J connectivity index is 2.08. The Kier molecular flexibility index (Phi) is 3.46. The Morgan fingerprint density at radius 1 is 1.05 bits per heavy atom. The third-order valence-corrected chi connectivity index (χ3v) is 4.60. The smallest absolute Gasteiger partial charge is 0.123 e. The summed E-state index contributed by atoms with van der Waals surface area (Å²) in [6.45, 7) is 3.60. The van der Waals surface area contributed by atoms with Gasteiger partial charge >= 0.3 is 0 Å². The Morgan fingerprint density at radius 2 is 1.71 bits per heavy atom. The zero-order valence-corrected chi connectivity index (χ0v) is 13.0. The fourth-order valence-corrected chi connectivity index (χ4v) is 3.62. The summed E-state index contributed by atoms with van der Waals surface area (Å²) in [5.74, 6) is -0.236. The van der Waals surface area contributed by atoms with E-state index in [4.69, 9.17) is 0 Å². The maximum absolute atomic E-state index is 13.0. The van der Waals surface area contributed by atoms with Crippen molar-refractivity contribution in [2.24, 2.45) is 0 Å². The molecular formula is C17H17FNOP. The van der Waals surface area contributed by atoms with Gasteiger partial charge in [-0.2, -0.15) is 0 Å². The molecule has 0 spiro atoms. The lowest BCUT2D eigenvalue weighted by Crippen LogP contribution is -1.84. The number of aromatic amines is 1. The molecule has 0 atom stereocenters. The van der Waals surface area contributed by atoms with E-state index in [2.05, 4.69) is 11.1 Å². The fourth-order valence-electron chi connectivity index (χ4n) is 2.54. The molecule has 1 N–H and O–H groups in total. The highest BCUT2D eigenvalue weighted by Crippen LogP contribution is 2.42. The molecule has 0 aliphatic carbocycles. The molecule has 3 aromatic rings. The van der Waals surface area contributed by atoms with Gasteiger partial charge in [0.15, 0.2) is 0 Å². The molecule has 1 aromatic heterocycles. The summed E-state index contributed by atoms with van der Waals surface area (Å²) >= 11 is 0. The predicted octanol–water partition coefficient (Wildman–Crippen LogP) is 5.10. The first-order chi connectivity index (χ1) is 9.92. The highest BCUT2D eigenvalue weighted by molar-refractivity contribution is 7.61. The van der Waals surface area contributed by atoms with Crippen LogP contribution in [0, 0.1) is 5.82 Å². The maximum Gasteiger partial charge on any atom is 0.123 e. The van der Waals surface area contributed by atoms with E-state index in [0.29, 0.717) is 6.16 Å². The number of benzene rings is 2. The van der Waals surface area contributed by atoms with Gasteiger partial charge in [-0.3, -0.25) is 0 Å². The van der Waals surface area contributed by atoms with Crippen molar-refractivity contribution in [3.05, 3.63) is 60.0 Å². The summed E-state index contributed by atoms with van der Waals surface area (Å²) in [4.78, 5) is 3.22. The number of halogens is 1. The van der Waals surface area contributed by atoms with E-state index < -0.39 is 7.14 Å². The molecule has 21 heavy (non-hydrogen) atoms. The van der Waals surface area contributed by atoms with Crippen molar-refractivity contribution in [2.75, 3.05) is 13.3 Å². The number of nitrogens with one attached hydrogen (secondary N) is 1. The molecule has 0 saturated carbocycles. The largest absolute Gasteiger partial charge is 0.361 e. The van der Waals surface area contributed by atoms with Crippen LogP contribution in [0.3, 0.4) is 0 Å². The molecule has 0 aliphatic rings. The van der Waals surface area contributed by atoms with Crippen LogP contribution in [0.5, 0.6) is 0 Å². The summed E-state index contributed by atoms with van der Waals surface area (Å²) < 4.78 is 25.1. The molecule has 2 nitrogen and oxygen atoms in total. The molecule has 0 unspecified atom stereocenters. The van der Waals surface area contributed by atoms with Crippen LogP contribution in [0.15, 0.2) is 48.7 Å². The number of H-pyrrole nitrogens is 1. The third kappa shape index (κ3) is 3.08. The van der Waals surface area contributed by atoms with Crippen LogP contribution in [0.2, 0.25) is 0 Å². The summed E-state index contributed by atoms with van der Waals surface area (Å²) in [5.41, 5.74) is 4.11. The molecule has 0 bridgehead atoms. The SMILES string of the molecule is CP(C)(=O)Cc1c[nH]c2ccc(-c3ccc(F)cc3)cc12. The average molecular weight is 301 g/mol. The normalized spacial score (nSPS) is 12.0. The first kappa shape index (κ1) is 14.1. The quantitative estimate of drug-likeness (QED) is 0.671. The topological polar surface area (TPSA) is 32.9 Å². The lowest BCUT2D eigenvalue weighted by Gasteiger charge is -2.06. The van der Waals surface area contributed by atoms with Crippen molar-refractivity contribution in [1.82, 2.24) is 4.98 Å². The number of aromatic nitrogens is 1. The van der Waals surface area contributed by atoms with Crippen LogP contribution < -0.4 is 0 Å². The number of hydrogen-bond donors (Lipinski definition) is 1. The second kappa shape index (κ2) is 5.16. The molecule has 1 heterocycles. The molecule has 0 saturated heterocycles. The van der Waals surface area contributed by atoms with Gasteiger partial charge in [-0.15, -0.1) is 0 Å². The van der Waals surface area contributed by atoms with Crippen molar-refractivity contribution >= 4 is 18.0 Å². The molecule has 4 heteroatoms. The van der Waals surface area contributed by atoms with Gasteiger partial charge in [-0.25, -0.2) is 4.39 Å². The molecule has 0 aliphatic heterocycles. The van der Waals surface area contributed by atoms with E-state index in [0.717, 1.165) is 27.6 Å². The molecule has 0 radical (unpaired) electrons. The second-order valence-electron chi connectivity index (χ2n) is 5.81. The van der Waals surface area contributed by atoms with Crippen LogP contribution in [0.25, 0.3) is 22.0 Å². The van der Waals surface area contributed by atoms with E-state index in [1.807, 2.05) is 18.3 Å². The first-order valence-corrected chi connectivity index (χ1v) is 9.61. The van der Waals surface area contributed by atoms with Crippen LogP contribution in [0.1, 0.15) is 5.56 Å². The van der Waals surface area contributed by atoms with Crippen LogP contribution in [0.4, 0.5) is 4.39 Å². The zero-order valence-electron chi connectivity index (χ0n) is 12.1. The summed E-state index contributed by atoms with van der Waals surface area (Å²) in [7, 11) is -2.12. The van der Waals surface area contributed by atoms with Gasteiger partial charge in [-0.1, -0.05) is 18.2 Å². The van der Waals surface area contributed by atoms with E-state index >= 15 is 0 Å². The van der Waals surface area contributed by atoms with Crippen molar-refractivity contribution in [3.8, 4) is 11.1 Å². The van der Waals surface area contributed by atoms with Gasteiger partial charge in [0.05, 0.1) is 7.14 Å². The minimum Gasteiger partial charge on any atom is -0.361 e. The van der Waals surface area contributed by atoms with Gasteiger partial charge in [-0.05, 0) is 54.3 Å². The van der Waals surface area contributed by atoms with Crippen LogP contribution >= 0.6 is 7.14 Å². The summed E-state index contributed by atoms with van der Waals surface area (Å²) in [6.07, 6.45) is 2.51. The third-order valence-electron chi connectivity index (χ3n) is 3.50. The van der Waals surface area contributed by atoms with Crippen LogP contribution in [-0.4, -0.2) is 18.3 Å². The van der Waals surface area contributed by atoms with Gasteiger partial charge in [0.2, 0.25) is 0 Å². The van der Waals surface area contributed by atoms with Gasteiger partial charge < -0.3 is 9.55 Å². The number of fused-ring (bicyclic) bond motifs is 1. The number of hydrogen-bond acceptors (Lipinski definition) is 1. The molecule has 108 valence electrons. The second-order valence-corrected chi connectivity index (χ2v) is 9.28. The monoisotopic (exact) mass is 301 g/mol. The van der Waals surface area contributed by atoms with Gasteiger partial charge in [0.1, 0.15) is 5.82 Å². The summed E-state index contributed by atoms with van der Waals surface area (Å²) in [5, 5.41) is 1.08. The van der Waals surface area contributed by atoms with E-state index in [9.17, 15) is 8.96 Å². The Morgan fingerprint density at radius 3 is 2.38 bits per heavy atom. The van der Waals surface area contributed by atoms with E-state index in [1.54, 1.807) is 25.5 Å². The molecule has 0 amide bonds. The minimum atomic E-state index is -2.12. The fraction of sp³-hybridized carbons (Fsp3) is 0.176. The highest BCUT2D eigenvalue weighted by Gasteiger charge is 2.13. The van der Waals surface area contributed by atoms with Gasteiger partial charge in [0.25, 0.3) is 0 Å². The van der Waals surface area contributed by atoms with E-state index in [1.165, 1.54) is 12.1 Å². The highest BCUT2D eigenvalue weighted by atomic mass is 31.2. The minimum absolute atomic E-state index is 0.236. The lowest BCUT2D eigenvalue weighted by molar-refractivity contribution is 0.582. The Hall–Kier alpha value is -1.86. The predicted molar refractivity (Wildman–Crippen MR) is 86.9 cm³/mol.